The van der Waals surface area contributed by atoms with Crippen LogP contribution in [0.3, 0.4) is 0 Å². The summed E-state index contributed by atoms with van der Waals surface area (Å²) in [5.74, 6) is 0. The zero-order chi connectivity index (χ0) is 8.12. The smallest absolute Gasteiger partial charge is 0 e. The first-order valence-electron chi connectivity index (χ1n) is 4.12. The van der Waals surface area contributed by atoms with Crippen LogP contribution in [0.1, 0.15) is 50.3 Å². The van der Waals surface area contributed by atoms with Crippen LogP contribution in [-0.2, 0) is 0 Å². The van der Waals surface area contributed by atoms with Crippen LogP contribution in [0.5, 0.6) is 0 Å². The molecule has 0 aliphatic heterocycles. The molecule has 2 N–H and O–H groups in total. The van der Waals surface area contributed by atoms with Crippen molar-refractivity contribution < 1.29 is 2.85 Å². The summed E-state index contributed by atoms with van der Waals surface area (Å²) in [5, 5.41) is 0. The van der Waals surface area contributed by atoms with Crippen LogP contribution in [0.25, 0.3) is 0 Å². The molecule has 0 aromatic heterocycles. The Morgan fingerprint density at radius 1 is 1.11 bits per heavy atom. The number of hydrogen-bond acceptors (Lipinski definition) is 1. The van der Waals surface area contributed by atoms with E-state index in [1.54, 1.807) is 0 Å². The summed E-state index contributed by atoms with van der Waals surface area (Å²) in [7, 11) is 0. The minimum atomic E-state index is 0. The largest absolute Gasteiger partial charge is 0.330 e. The Balaban J connectivity index is -0.0000000178. The molecule has 0 aromatic carbocycles. The molecule has 0 atom stereocenters. The standard InChI is InChI=1S/C4H11N.2C2H6.2H2/c1-2-3-4-5;2*1-2;;/h2-5H2,1H3;2*1-2H3;2*1H. The molecule has 0 rings (SSSR count). The van der Waals surface area contributed by atoms with Crippen LogP contribution in [0.4, 0.5) is 0 Å². The van der Waals surface area contributed by atoms with E-state index in [4.69, 9.17) is 5.73 Å². The fourth-order valence-electron chi connectivity index (χ4n) is 0.204. The first-order chi connectivity index (χ1) is 4.41. The van der Waals surface area contributed by atoms with Gasteiger partial charge in [-0.1, -0.05) is 41.0 Å². The highest BCUT2D eigenvalue weighted by Crippen LogP contribution is 1.77. The fraction of sp³-hybridized carbons (Fsp3) is 1.00. The van der Waals surface area contributed by atoms with Gasteiger partial charge in [0.05, 0.1) is 0 Å². The third kappa shape index (κ3) is 73.6. The van der Waals surface area contributed by atoms with Gasteiger partial charge in [-0.05, 0) is 13.0 Å². The molecule has 0 fully saturated rings. The monoisotopic (exact) mass is 137 g/mol. The summed E-state index contributed by atoms with van der Waals surface area (Å²) >= 11 is 0. The summed E-state index contributed by atoms with van der Waals surface area (Å²) in [6.45, 7) is 11.0. The van der Waals surface area contributed by atoms with E-state index in [1.165, 1.54) is 12.8 Å². The Kier molecular flexibility index (Phi) is 78.2. The predicted molar refractivity (Wildman–Crippen MR) is 50.9 cm³/mol. The Hall–Kier alpha value is -0.0400. The van der Waals surface area contributed by atoms with Crippen molar-refractivity contribution in [3.8, 4) is 0 Å². The van der Waals surface area contributed by atoms with Gasteiger partial charge in [-0.15, -0.1) is 0 Å². The van der Waals surface area contributed by atoms with E-state index in [0.29, 0.717) is 0 Å². The molecule has 1 nitrogen and oxygen atoms in total. The molecule has 0 radical (unpaired) electrons. The molecule has 64 valence electrons. The summed E-state index contributed by atoms with van der Waals surface area (Å²) in [6.07, 6.45) is 2.39. The molecule has 0 amide bonds. The fourth-order valence-corrected chi connectivity index (χ4v) is 0.204. The SMILES string of the molecule is CC.CC.CCCCN.[HH].[HH]. The van der Waals surface area contributed by atoms with Gasteiger partial charge < -0.3 is 5.73 Å². The molecular formula is C8H27N. The van der Waals surface area contributed by atoms with Gasteiger partial charge in [-0.25, -0.2) is 0 Å². The molecule has 0 saturated heterocycles. The van der Waals surface area contributed by atoms with E-state index in [1.807, 2.05) is 27.7 Å². The van der Waals surface area contributed by atoms with Crippen LogP contribution < -0.4 is 5.73 Å². The first kappa shape index (κ1) is 16.0. The van der Waals surface area contributed by atoms with Crippen molar-refractivity contribution in [2.75, 3.05) is 6.54 Å². The summed E-state index contributed by atoms with van der Waals surface area (Å²) in [6, 6.07) is 0. The molecular weight excluding hydrogens is 110 g/mol. The van der Waals surface area contributed by atoms with Gasteiger partial charge in [-0.3, -0.25) is 0 Å². The van der Waals surface area contributed by atoms with Crippen LogP contribution in [0.15, 0.2) is 0 Å². The minimum Gasteiger partial charge on any atom is -0.330 e. The number of rotatable bonds is 2. The quantitative estimate of drug-likeness (QED) is 0.621. The van der Waals surface area contributed by atoms with Crippen molar-refractivity contribution in [2.24, 2.45) is 5.73 Å². The number of nitrogens with two attached hydrogens (primary N) is 1. The molecule has 0 aliphatic rings. The van der Waals surface area contributed by atoms with E-state index in [9.17, 15) is 0 Å². The molecule has 0 aliphatic carbocycles. The van der Waals surface area contributed by atoms with Crippen LogP contribution in [0.2, 0.25) is 0 Å². The maximum atomic E-state index is 5.14. The molecule has 1 heteroatoms. The van der Waals surface area contributed by atoms with Crippen molar-refractivity contribution in [3.63, 3.8) is 0 Å². The Morgan fingerprint density at radius 3 is 1.44 bits per heavy atom. The zero-order valence-corrected chi connectivity index (χ0v) is 7.70. The first-order valence-corrected chi connectivity index (χ1v) is 4.12. The molecule has 0 bridgehead atoms. The van der Waals surface area contributed by atoms with Gasteiger partial charge in [0.2, 0.25) is 0 Å². The second-order valence-corrected chi connectivity index (χ2v) is 1.14. The molecule has 0 spiro atoms. The van der Waals surface area contributed by atoms with E-state index in [2.05, 4.69) is 6.92 Å². The lowest BCUT2D eigenvalue weighted by atomic mass is 10.3. The van der Waals surface area contributed by atoms with Crippen LogP contribution >= 0.6 is 0 Å². The maximum absolute atomic E-state index is 5.14. The van der Waals surface area contributed by atoms with Crippen molar-refractivity contribution in [2.45, 2.75) is 47.5 Å². The molecule has 0 heterocycles. The Labute approximate surface area is 63.6 Å². The Morgan fingerprint density at radius 2 is 1.44 bits per heavy atom. The average molecular weight is 137 g/mol. The summed E-state index contributed by atoms with van der Waals surface area (Å²) in [5.41, 5.74) is 5.14. The average Bonchev–Trinajstić information content (AvgIpc) is 1.98. The second-order valence-electron chi connectivity index (χ2n) is 1.14. The lowest BCUT2D eigenvalue weighted by Gasteiger charge is -1.80. The highest BCUT2D eigenvalue weighted by Gasteiger charge is 1.67. The van der Waals surface area contributed by atoms with Gasteiger partial charge in [-0.2, -0.15) is 0 Å². The number of hydrogen-bond donors (Lipinski definition) is 1. The minimum absolute atomic E-state index is 0. The molecule has 0 saturated carbocycles. The predicted octanol–water partition coefficient (Wildman–Crippen LogP) is 3.29. The van der Waals surface area contributed by atoms with Crippen LogP contribution in [0, 0.1) is 0 Å². The van der Waals surface area contributed by atoms with E-state index in [0.717, 1.165) is 6.54 Å². The highest BCUT2D eigenvalue weighted by molar-refractivity contribution is 4.29. The van der Waals surface area contributed by atoms with Gasteiger partial charge in [0.15, 0.2) is 0 Å². The zero-order valence-electron chi connectivity index (χ0n) is 7.70. The third-order valence-corrected chi connectivity index (χ3v) is 0.558. The van der Waals surface area contributed by atoms with Gasteiger partial charge in [0, 0.05) is 2.85 Å². The van der Waals surface area contributed by atoms with Crippen LogP contribution in [-0.4, -0.2) is 6.54 Å². The lowest BCUT2D eigenvalue weighted by molar-refractivity contribution is 0.807. The normalized spacial score (nSPS) is 6.00. The second kappa shape index (κ2) is 44.0. The van der Waals surface area contributed by atoms with Crippen molar-refractivity contribution in [3.05, 3.63) is 0 Å². The van der Waals surface area contributed by atoms with Crippen molar-refractivity contribution >= 4 is 0 Å². The molecule has 0 unspecified atom stereocenters. The molecule has 9 heavy (non-hydrogen) atoms. The lowest BCUT2D eigenvalue weighted by Crippen LogP contribution is -1.95. The van der Waals surface area contributed by atoms with Gasteiger partial charge in [0.1, 0.15) is 0 Å². The topological polar surface area (TPSA) is 26.0 Å². The van der Waals surface area contributed by atoms with E-state index >= 15 is 0 Å². The van der Waals surface area contributed by atoms with Crippen molar-refractivity contribution in [1.82, 2.24) is 0 Å². The highest BCUT2D eigenvalue weighted by atomic mass is 14.5. The Bertz CT molecular complexity index is 19.6. The van der Waals surface area contributed by atoms with Gasteiger partial charge >= 0.3 is 0 Å². The third-order valence-electron chi connectivity index (χ3n) is 0.558. The van der Waals surface area contributed by atoms with E-state index in [-0.39, 0.29) is 2.85 Å². The maximum Gasteiger partial charge on any atom is 0 e. The summed E-state index contributed by atoms with van der Waals surface area (Å²) in [4.78, 5) is 0. The number of unbranched alkanes of at least 4 members (excludes halogenated alkanes) is 1. The molecule has 0 aromatic rings. The van der Waals surface area contributed by atoms with E-state index < -0.39 is 0 Å². The van der Waals surface area contributed by atoms with Gasteiger partial charge in [0.25, 0.3) is 0 Å². The summed E-state index contributed by atoms with van der Waals surface area (Å²) < 4.78 is 0. The van der Waals surface area contributed by atoms with Crippen molar-refractivity contribution in [1.29, 1.82) is 0 Å².